The van der Waals surface area contributed by atoms with Crippen LogP contribution in [-0.2, 0) is 4.79 Å². The molecule has 0 saturated carbocycles. The van der Waals surface area contributed by atoms with Crippen molar-refractivity contribution in [2.75, 3.05) is 5.32 Å². The number of imide groups is 1. The highest BCUT2D eigenvalue weighted by molar-refractivity contribution is 5.95. The Morgan fingerprint density at radius 1 is 1.50 bits per heavy atom. The first-order valence-corrected chi connectivity index (χ1v) is 3.99. The predicted octanol–water partition coefficient (Wildman–Crippen LogP) is 1.01. The van der Waals surface area contributed by atoms with Crippen LogP contribution in [0.25, 0.3) is 0 Å². The van der Waals surface area contributed by atoms with Crippen LogP contribution in [0.5, 0.6) is 0 Å². The number of nitro groups is 1. The fourth-order valence-corrected chi connectivity index (χ4v) is 0.935. The zero-order valence-electron chi connectivity index (χ0n) is 7.77. The van der Waals surface area contributed by atoms with E-state index in [9.17, 15) is 24.1 Å². The molecule has 2 N–H and O–H groups in total. The van der Waals surface area contributed by atoms with Gasteiger partial charge in [0.25, 0.3) is 5.69 Å². The van der Waals surface area contributed by atoms with Crippen LogP contribution in [0.3, 0.4) is 0 Å². The molecule has 1 rings (SSSR count). The van der Waals surface area contributed by atoms with E-state index in [1.54, 1.807) is 5.32 Å². The highest BCUT2D eigenvalue weighted by Gasteiger charge is 2.12. The lowest BCUT2D eigenvalue weighted by Gasteiger charge is -2.04. The maximum absolute atomic E-state index is 13.1. The second-order valence-corrected chi connectivity index (χ2v) is 2.64. The molecule has 16 heavy (non-hydrogen) atoms. The van der Waals surface area contributed by atoms with Gasteiger partial charge in [-0.1, -0.05) is 0 Å². The number of non-ortho nitro benzene ring substituents is 1. The highest BCUT2D eigenvalue weighted by atomic mass is 19.1. The van der Waals surface area contributed by atoms with Crippen LogP contribution in [0.2, 0.25) is 0 Å². The Labute approximate surface area is 88.4 Å². The van der Waals surface area contributed by atoms with E-state index in [1.807, 2.05) is 5.32 Å². The summed E-state index contributed by atoms with van der Waals surface area (Å²) in [6, 6.07) is 1.67. The van der Waals surface area contributed by atoms with E-state index in [0.717, 1.165) is 18.2 Å². The first-order valence-electron chi connectivity index (χ1n) is 3.99. The standard InChI is InChI=1S/C8H6FN3O4/c9-6-2-1-5(12(15)16)3-7(6)11-8(14)10-4-13/h1-4H,(H2,10,11,13,14). The zero-order chi connectivity index (χ0) is 12.1. The third kappa shape index (κ3) is 2.74. The van der Waals surface area contributed by atoms with Gasteiger partial charge in [-0.2, -0.15) is 0 Å². The van der Waals surface area contributed by atoms with Crippen LogP contribution in [0.1, 0.15) is 0 Å². The molecule has 0 fully saturated rings. The molecule has 0 bridgehead atoms. The van der Waals surface area contributed by atoms with E-state index in [2.05, 4.69) is 0 Å². The number of nitrogens with zero attached hydrogens (tertiary/aromatic N) is 1. The summed E-state index contributed by atoms with van der Waals surface area (Å²) in [5.74, 6) is -0.841. The summed E-state index contributed by atoms with van der Waals surface area (Å²) in [6.07, 6.45) is 0.102. The van der Waals surface area contributed by atoms with Gasteiger partial charge in [-0.05, 0) is 6.07 Å². The summed E-state index contributed by atoms with van der Waals surface area (Å²) in [4.78, 5) is 30.4. The summed E-state index contributed by atoms with van der Waals surface area (Å²) in [5, 5.41) is 14.0. The minimum absolute atomic E-state index is 0.102. The number of halogens is 1. The van der Waals surface area contributed by atoms with Gasteiger partial charge >= 0.3 is 6.03 Å². The van der Waals surface area contributed by atoms with Crippen molar-refractivity contribution in [3.8, 4) is 0 Å². The summed E-state index contributed by atoms with van der Waals surface area (Å²) < 4.78 is 13.1. The molecule has 0 aliphatic heterocycles. The smallest absolute Gasteiger partial charge is 0.305 e. The average Bonchev–Trinajstić information content (AvgIpc) is 2.21. The number of urea groups is 1. The van der Waals surface area contributed by atoms with Crippen molar-refractivity contribution in [1.82, 2.24) is 5.32 Å². The molecule has 1 aromatic rings. The van der Waals surface area contributed by atoms with E-state index in [0.29, 0.717) is 0 Å². The number of anilines is 1. The van der Waals surface area contributed by atoms with Crippen molar-refractivity contribution in [1.29, 1.82) is 0 Å². The Balaban J connectivity index is 2.94. The topological polar surface area (TPSA) is 101 Å². The Kier molecular flexibility index (Phi) is 3.49. The summed E-state index contributed by atoms with van der Waals surface area (Å²) in [5.41, 5.74) is -0.753. The number of carbonyl (C=O) groups is 2. The molecule has 0 aromatic heterocycles. The summed E-state index contributed by atoms with van der Waals surface area (Å²) in [6.45, 7) is 0. The zero-order valence-corrected chi connectivity index (χ0v) is 7.77. The maximum Gasteiger partial charge on any atom is 0.325 e. The average molecular weight is 227 g/mol. The van der Waals surface area contributed by atoms with E-state index in [4.69, 9.17) is 0 Å². The first kappa shape index (κ1) is 11.6. The lowest BCUT2D eigenvalue weighted by atomic mass is 10.2. The molecule has 0 saturated heterocycles. The number of nitrogens with one attached hydrogen (secondary N) is 2. The minimum Gasteiger partial charge on any atom is -0.305 e. The van der Waals surface area contributed by atoms with Crippen LogP contribution in [0.15, 0.2) is 18.2 Å². The van der Waals surface area contributed by atoms with Gasteiger partial charge in [-0.3, -0.25) is 20.2 Å². The Hall–Kier alpha value is -2.51. The summed E-state index contributed by atoms with van der Waals surface area (Å²) in [7, 11) is 0. The number of hydrogen-bond acceptors (Lipinski definition) is 4. The van der Waals surface area contributed by atoms with Crippen molar-refractivity contribution in [2.45, 2.75) is 0 Å². The van der Waals surface area contributed by atoms with E-state index in [1.165, 1.54) is 0 Å². The van der Waals surface area contributed by atoms with Crippen molar-refractivity contribution in [3.05, 3.63) is 34.1 Å². The Morgan fingerprint density at radius 3 is 2.75 bits per heavy atom. The van der Waals surface area contributed by atoms with E-state index >= 15 is 0 Å². The van der Waals surface area contributed by atoms with Gasteiger partial charge in [0, 0.05) is 12.1 Å². The van der Waals surface area contributed by atoms with E-state index in [-0.39, 0.29) is 17.8 Å². The third-order valence-corrected chi connectivity index (χ3v) is 1.60. The molecule has 0 aliphatic rings. The van der Waals surface area contributed by atoms with Crippen LogP contribution in [0.4, 0.5) is 20.6 Å². The molecule has 0 heterocycles. The van der Waals surface area contributed by atoms with Gasteiger partial charge < -0.3 is 5.32 Å². The molecule has 1 aromatic carbocycles. The minimum atomic E-state index is -0.977. The van der Waals surface area contributed by atoms with Gasteiger partial charge in [0.15, 0.2) is 0 Å². The molecule has 0 atom stereocenters. The number of carbonyl (C=O) groups excluding carboxylic acids is 2. The fraction of sp³-hybridized carbons (Fsp3) is 0. The molecule has 0 spiro atoms. The number of benzene rings is 1. The molecular weight excluding hydrogens is 221 g/mol. The summed E-state index contributed by atoms with van der Waals surface area (Å²) >= 11 is 0. The second kappa shape index (κ2) is 4.82. The quantitative estimate of drug-likeness (QED) is 0.457. The van der Waals surface area contributed by atoms with Crippen LogP contribution >= 0.6 is 0 Å². The van der Waals surface area contributed by atoms with Gasteiger partial charge in [0.05, 0.1) is 10.6 Å². The molecular formula is C8H6FN3O4. The van der Waals surface area contributed by atoms with Crippen molar-refractivity contribution < 1.29 is 18.9 Å². The monoisotopic (exact) mass is 227 g/mol. The highest BCUT2D eigenvalue weighted by Crippen LogP contribution is 2.20. The number of amides is 3. The molecule has 8 heteroatoms. The lowest BCUT2D eigenvalue weighted by molar-refractivity contribution is -0.384. The molecule has 3 amide bonds. The molecule has 0 radical (unpaired) electrons. The predicted molar refractivity (Wildman–Crippen MR) is 51.3 cm³/mol. The number of hydrogen-bond donors (Lipinski definition) is 2. The van der Waals surface area contributed by atoms with E-state index < -0.39 is 16.8 Å². The molecule has 7 nitrogen and oxygen atoms in total. The van der Waals surface area contributed by atoms with Crippen LogP contribution in [0, 0.1) is 15.9 Å². The Morgan fingerprint density at radius 2 is 2.19 bits per heavy atom. The Bertz CT molecular complexity index is 449. The van der Waals surface area contributed by atoms with Crippen LogP contribution in [-0.4, -0.2) is 17.4 Å². The normalized spacial score (nSPS) is 9.31. The lowest BCUT2D eigenvalue weighted by Crippen LogP contribution is -2.27. The second-order valence-electron chi connectivity index (χ2n) is 2.64. The maximum atomic E-state index is 13.1. The largest absolute Gasteiger partial charge is 0.325 e. The van der Waals surface area contributed by atoms with Gasteiger partial charge in [0.2, 0.25) is 6.41 Å². The van der Waals surface area contributed by atoms with Crippen molar-refractivity contribution in [3.63, 3.8) is 0 Å². The van der Waals surface area contributed by atoms with Gasteiger partial charge in [-0.15, -0.1) is 0 Å². The molecule has 0 aliphatic carbocycles. The van der Waals surface area contributed by atoms with Crippen LogP contribution < -0.4 is 10.6 Å². The number of rotatable bonds is 3. The molecule has 84 valence electrons. The van der Waals surface area contributed by atoms with Crippen molar-refractivity contribution >= 4 is 23.8 Å². The SMILES string of the molecule is O=CNC(=O)Nc1cc([N+](=O)[O-])ccc1F. The third-order valence-electron chi connectivity index (χ3n) is 1.60. The van der Waals surface area contributed by atoms with Gasteiger partial charge in [-0.25, -0.2) is 9.18 Å². The van der Waals surface area contributed by atoms with Gasteiger partial charge in [0.1, 0.15) is 5.82 Å². The first-order chi connectivity index (χ1) is 7.54. The number of nitro benzene ring substituents is 1. The molecule has 0 unspecified atom stereocenters. The fourth-order valence-electron chi connectivity index (χ4n) is 0.935. The van der Waals surface area contributed by atoms with Crippen molar-refractivity contribution in [2.24, 2.45) is 0 Å².